The maximum Gasteiger partial charge on any atom is 0.401 e. The Balaban J connectivity index is 2.71. The summed E-state index contributed by atoms with van der Waals surface area (Å²) < 4.78 is 37.0. The number of rotatable bonds is 5. The van der Waals surface area contributed by atoms with Crippen LogP contribution < -0.4 is 0 Å². The maximum absolute atomic E-state index is 12.3. The van der Waals surface area contributed by atoms with E-state index in [1.54, 1.807) is 31.2 Å². The highest BCUT2D eigenvalue weighted by atomic mass is 19.4. The first-order valence-electron chi connectivity index (χ1n) is 5.70. The van der Waals surface area contributed by atoms with Crippen LogP contribution in [-0.4, -0.2) is 30.7 Å². The average molecular weight is 256 g/mol. The molecule has 5 heteroatoms. The van der Waals surface area contributed by atoms with Gasteiger partial charge in [-0.25, -0.2) is 0 Å². The summed E-state index contributed by atoms with van der Waals surface area (Å²) in [6, 6.07) is 10.9. The Bertz CT molecular complexity index is 395. The topological polar surface area (TPSA) is 27.0 Å². The Hall–Kier alpha value is -1.54. The first-order chi connectivity index (χ1) is 8.46. The molecule has 0 heterocycles. The molecular formula is C13H15F3N2. The third kappa shape index (κ3) is 4.76. The monoisotopic (exact) mass is 256 g/mol. The third-order valence-corrected chi connectivity index (χ3v) is 2.65. The summed E-state index contributed by atoms with van der Waals surface area (Å²) >= 11 is 0. The number of hydrogen-bond donors (Lipinski definition) is 0. The molecule has 2 nitrogen and oxygen atoms in total. The zero-order chi connectivity index (χ0) is 13.6. The van der Waals surface area contributed by atoms with Crippen LogP contribution in [0.5, 0.6) is 0 Å². The van der Waals surface area contributed by atoms with E-state index in [1.807, 2.05) is 6.07 Å². The first-order valence-corrected chi connectivity index (χ1v) is 5.70. The van der Waals surface area contributed by atoms with Crippen LogP contribution in [0.1, 0.15) is 18.4 Å². The van der Waals surface area contributed by atoms with Gasteiger partial charge in [0.1, 0.15) is 0 Å². The van der Waals surface area contributed by atoms with E-state index in [0.29, 0.717) is 0 Å². The van der Waals surface area contributed by atoms with Crippen LogP contribution >= 0.6 is 0 Å². The predicted molar refractivity (Wildman–Crippen MR) is 63.0 cm³/mol. The molecule has 0 aliphatic heterocycles. The summed E-state index contributed by atoms with van der Waals surface area (Å²) in [6.07, 6.45) is -4.23. The highest BCUT2D eigenvalue weighted by molar-refractivity contribution is 5.25. The van der Waals surface area contributed by atoms with Crippen LogP contribution in [-0.2, 0) is 0 Å². The molecule has 1 atom stereocenters. The molecule has 1 aromatic carbocycles. The number of alkyl halides is 3. The molecule has 0 saturated heterocycles. The van der Waals surface area contributed by atoms with Gasteiger partial charge in [-0.2, -0.15) is 18.4 Å². The lowest BCUT2D eigenvalue weighted by atomic mass is 10.00. The van der Waals surface area contributed by atoms with Crippen molar-refractivity contribution in [2.24, 2.45) is 0 Å². The van der Waals surface area contributed by atoms with Crippen LogP contribution in [0.15, 0.2) is 30.3 Å². The molecule has 0 saturated carbocycles. The third-order valence-electron chi connectivity index (χ3n) is 2.65. The standard InChI is InChI=1S/C13H15F3N2/c1-2-18(10-13(14,15)16)9-12(8-17)11-6-4-3-5-7-11/h3-7,12H,2,9-10H2,1H3. The van der Waals surface area contributed by atoms with Gasteiger partial charge in [-0.3, -0.25) is 4.90 Å². The number of likely N-dealkylation sites (N-methyl/N-ethyl adjacent to an activating group) is 1. The van der Waals surface area contributed by atoms with Gasteiger partial charge in [-0.05, 0) is 12.1 Å². The van der Waals surface area contributed by atoms with Crippen molar-refractivity contribution >= 4 is 0 Å². The lowest BCUT2D eigenvalue weighted by molar-refractivity contribution is -0.145. The smallest absolute Gasteiger partial charge is 0.294 e. The van der Waals surface area contributed by atoms with Crippen molar-refractivity contribution in [3.8, 4) is 6.07 Å². The molecule has 1 aromatic rings. The van der Waals surface area contributed by atoms with Crippen molar-refractivity contribution < 1.29 is 13.2 Å². The molecule has 0 N–H and O–H groups in total. The van der Waals surface area contributed by atoms with Crippen molar-refractivity contribution in [2.75, 3.05) is 19.6 Å². The number of hydrogen-bond acceptors (Lipinski definition) is 2. The fourth-order valence-electron chi connectivity index (χ4n) is 1.72. The number of nitrogens with zero attached hydrogens (tertiary/aromatic N) is 2. The second-order valence-corrected chi connectivity index (χ2v) is 4.04. The average Bonchev–Trinajstić information content (AvgIpc) is 2.34. The zero-order valence-electron chi connectivity index (χ0n) is 10.1. The molecule has 0 bridgehead atoms. The van der Waals surface area contributed by atoms with Crippen molar-refractivity contribution in [3.05, 3.63) is 35.9 Å². The van der Waals surface area contributed by atoms with Crippen LogP contribution in [0.25, 0.3) is 0 Å². The summed E-state index contributed by atoms with van der Waals surface area (Å²) in [6.45, 7) is 1.04. The molecule has 0 aliphatic carbocycles. The van der Waals surface area contributed by atoms with Gasteiger partial charge >= 0.3 is 6.18 Å². The Morgan fingerprint density at radius 2 is 1.89 bits per heavy atom. The highest BCUT2D eigenvalue weighted by Crippen LogP contribution is 2.20. The van der Waals surface area contributed by atoms with E-state index in [4.69, 9.17) is 5.26 Å². The summed E-state index contributed by atoms with van der Waals surface area (Å²) in [7, 11) is 0. The summed E-state index contributed by atoms with van der Waals surface area (Å²) in [5.41, 5.74) is 0.751. The molecule has 98 valence electrons. The molecule has 0 aliphatic rings. The van der Waals surface area contributed by atoms with E-state index in [2.05, 4.69) is 6.07 Å². The molecule has 0 radical (unpaired) electrons. The Labute approximate surface area is 105 Å². The molecule has 1 unspecified atom stereocenters. The van der Waals surface area contributed by atoms with Gasteiger partial charge in [-0.15, -0.1) is 0 Å². The summed E-state index contributed by atoms with van der Waals surface area (Å²) in [4.78, 5) is 1.24. The van der Waals surface area contributed by atoms with Gasteiger partial charge < -0.3 is 0 Å². The van der Waals surface area contributed by atoms with E-state index in [-0.39, 0.29) is 13.1 Å². The normalized spacial score (nSPS) is 13.3. The Morgan fingerprint density at radius 1 is 1.28 bits per heavy atom. The fourth-order valence-corrected chi connectivity index (χ4v) is 1.72. The summed E-state index contributed by atoms with van der Waals surface area (Å²) in [5.74, 6) is -0.534. The zero-order valence-corrected chi connectivity index (χ0v) is 10.1. The molecule has 0 spiro atoms. The second-order valence-electron chi connectivity index (χ2n) is 4.04. The summed E-state index contributed by atoms with van der Waals surface area (Å²) in [5, 5.41) is 9.06. The van der Waals surface area contributed by atoms with Gasteiger partial charge in [0.15, 0.2) is 0 Å². The molecule has 0 amide bonds. The molecular weight excluding hydrogens is 241 g/mol. The van der Waals surface area contributed by atoms with Gasteiger partial charge in [-0.1, -0.05) is 37.3 Å². The van der Waals surface area contributed by atoms with E-state index >= 15 is 0 Å². The number of nitriles is 1. The van der Waals surface area contributed by atoms with Gasteiger partial charge in [0.2, 0.25) is 0 Å². The van der Waals surface area contributed by atoms with Crippen LogP contribution in [0, 0.1) is 11.3 Å². The van der Waals surface area contributed by atoms with Crippen LogP contribution in [0.4, 0.5) is 13.2 Å². The quantitative estimate of drug-likeness (QED) is 0.809. The Kier molecular flexibility index (Phi) is 5.17. The van der Waals surface area contributed by atoms with Crippen LogP contribution in [0.3, 0.4) is 0 Å². The molecule has 0 aromatic heterocycles. The van der Waals surface area contributed by atoms with Crippen molar-refractivity contribution in [3.63, 3.8) is 0 Å². The minimum atomic E-state index is -4.23. The van der Waals surface area contributed by atoms with Crippen LogP contribution in [0.2, 0.25) is 0 Å². The number of benzene rings is 1. The predicted octanol–water partition coefficient (Wildman–Crippen LogP) is 3.18. The minimum absolute atomic E-state index is 0.0938. The van der Waals surface area contributed by atoms with E-state index < -0.39 is 18.6 Å². The lowest BCUT2D eigenvalue weighted by Gasteiger charge is -2.24. The van der Waals surface area contributed by atoms with Crippen molar-refractivity contribution in [2.45, 2.75) is 19.0 Å². The maximum atomic E-state index is 12.3. The molecule has 1 rings (SSSR count). The number of halogens is 3. The van der Waals surface area contributed by atoms with Gasteiger partial charge in [0.05, 0.1) is 18.5 Å². The second kappa shape index (κ2) is 6.41. The van der Waals surface area contributed by atoms with Crippen molar-refractivity contribution in [1.82, 2.24) is 4.90 Å². The minimum Gasteiger partial charge on any atom is -0.294 e. The largest absolute Gasteiger partial charge is 0.401 e. The van der Waals surface area contributed by atoms with Gasteiger partial charge in [0, 0.05) is 6.54 Å². The van der Waals surface area contributed by atoms with Gasteiger partial charge in [0.25, 0.3) is 0 Å². The lowest BCUT2D eigenvalue weighted by Crippen LogP contribution is -2.36. The first kappa shape index (κ1) is 14.5. The van der Waals surface area contributed by atoms with E-state index in [0.717, 1.165) is 5.56 Å². The molecule has 18 heavy (non-hydrogen) atoms. The van der Waals surface area contributed by atoms with E-state index in [9.17, 15) is 13.2 Å². The highest BCUT2D eigenvalue weighted by Gasteiger charge is 2.31. The van der Waals surface area contributed by atoms with E-state index in [1.165, 1.54) is 4.90 Å². The van der Waals surface area contributed by atoms with Crippen molar-refractivity contribution in [1.29, 1.82) is 5.26 Å². The SMILES string of the molecule is CCN(CC(C#N)c1ccccc1)CC(F)(F)F. The molecule has 0 fully saturated rings. The fraction of sp³-hybridized carbons (Fsp3) is 0.462. The Morgan fingerprint density at radius 3 is 2.33 bits per heavy atom.